The summed E-state index contributed by atoms with van der Waals surface area (Å²) in [6, 6.07) is 0. The monoisotopic (exact) mass is 197 g/mol. The van der Waals surface area contributed by atoms with Gasteiger partial charge in [-0.05, 0) is 45.4 Å². The summed E-state index contributed by atoms with van der Waals surface area (Å²) in [5.41, 5.74) is 0.828. The van der Waals surface area contributed by atoms with Crippen molar-refractivity contribution >= 4 is 0 Å². The van der Waals surface area contributed by atoms with Gasteiger partial charge in [-0.2, -0.15) is 0 Å². The molecule has 0 atom stereocenters. The molecule has 1 rings (SSSR count). The van der Waals surface area contributed by atoms with Gasteiger partial charge in [0.1, 0.15) is 5.83 Å². The Morgan fingerprint density at radius 2 is 1.79 bits per heavy atom. The van der Waals surface area contributed by atoms with Crippen LogP contribution in [0.1, 0.15) is 33.1 Å². The molecule has 1 nitrogen and oxygen atoms in total. The van der Waals surface area contributed by atoms with Gasteiger partial charge in [0.25, 0.3) is 0 Å². The number of hydrogen-bond acceptors (Lipinski definition) is 1. The van der Waals surface area contributed by atoms with E-state index in [-0.39, 0.29) is 5.83 Å². The molecule has 0 aromatic carbocycles. The third-order valence-corrected chi connectivity index (χ3v) is 2.75. The van der Waals surface area contributed by atoms with E-state index in [1.54, 1.807) is 13.0 Å². The predicted octanol–water partition coefficient (Wildman–Crippen LogP) is 3.29. The molecule has 0 bridgehead atoms. The van der Waals surface area contributed by atoms with Crippen molar-refractivity contribution in [2.24, 2.45) is 0 Å². The summed E-state index contributed by atoms with van der Waals surface area (Å²) >= 11 is 0. The molecule has 14 heavy (non-hydrogen) atoms. The number of hydrogen-bond donors (Lipinski definition) is 0. The SMILES string of the molecule is C/C=C(CN1CCCCC1)\C(F)=C/C. The highest BCUT2D eigenvalue weighted by Crippen LogP contribution is 2.16. The molecule has 0 aromatic heterocycles. The molecule has 1 aliphatic rings. The van der Waals surface area contributed by atoms with Crippen molar-refractivity contribution in [2.45, 2.75) is 33.1 Å². The molecule has 0 aliphatic carbocycles. The summed E-state index contributed by atoms with van der Waals surface area (Å²) in [6.45, 7) is 6.66. The van der Waals surface area contributed by atoms with E-state index >= 15 is 0 Å². The lowest BCUT2D eigenvalue weighted by Gasteiger charge is -2.27. The fourth-order valence-electron chi connectivity index (χ4n) is 1.85. The van der Waals surface area contributed by atoms with Crippen molar-refractivity contribution in [3.63, 3.8) is 0 Å². The zero-order valence-corrected chi connectivity index (χ0v) is 9.22. The van der Waals surface area contributed by atoms with E-state index in [9.17, 15) is 4.39 Å². The van der Waals surface area contributed by atoms with Crippen LogP contribution >= 0.6 is 0 Å². The van der Waals surface area contributed by atoms with Crippen LogP contribution in [0.15, 0.2) is 23.6 Å². The van der Waals surface area contributed by atoms with Gasteiger partial charge in [0, 0.05) is 6.54 Å². The molecule has 80 valence electrons. The third kappa shape index (κ3) is 3.26. The molecule has 0 N–H and O–H groups in total. The van der Waals surface area contributed by atoms with E-state index in [4.69, 9.17) is 0 Å². The van der Waals surface area contributed by atoms with Crippen molar-refractivity contribution in [3.8, 4) is 0 Å². The van der Waals surface area contributed by atoms with Gasteiger partial charge in [-0.3, -0.25) is 4.90 Å². The van der Waals surface area contributed by atoms with E-state index in [2.05, 4.69) is 4.90 Å². The second-order valence-electron chi connectivity index (χ2n) is 3.79. The van der Waals surface area contributed by atoms with Gasteiger partial charge in [-0.15, -0.1) is 0 Å². The van der Waals surface area contributed by atoms with Crippen LogP contribution in [-0.2, 0) is 0 Å². The lowest BCUT2D eigenvalue weighted by Crippen LogP contribution is -2.31. The van der Waals surface area contributed by atoms with Gasteiger partial charge < -0.3 is 0 Å². The maximum absolute atomic E-state index is 13.3. The highest BCUT2D eigenvalue weighted by molar-refractivity contribution is 5.25. The molecule has 0 unspecified atom stereocenters. The van der Waals surface area contributed by atoms with Gasteiger partial charge in [-0.25, -0.2) is 4.39 Å². The van der Waals surface area contributed by atoms with Crippen LogP contribution in [0.3, 0.4) is 0 Å². The van der Waals surface area contributed by atoms with Gasteiger partial charge in [0.05, 0.1) is 0 Å². The molecule has 0 aromatic rings. The first-order valence-corrected chi connectivity index (χ1v) is 5.47. The van der Waals surface area contributed by atoms with Gasteiger partial charge in [0.15, 0.2) is 0 Å². The van der Waals surface area contributed by atoms with Crippen molar-refractivity contribution in [1.29, 1.82) is 0 Å². The van der Waals surface area contributed by atoms with Crippen LogP contribution in [0.2, 0.25) is 0 Å². The number of piperidine rings is 1. The highest BCUT2D eigenvalue weighted by Gasteiger charge is 2.12. The van der Waals surface area contributed by atoms with E-state index in [0.717, 1.165) is 25.2 Å². The molecule has 0 radical (unpaired) electrons. The Labute approximate surface area is 86.3 Å². The standard InChI is InChI=1S/C12H20FN/c1-3-11(12(13)4-2)10-14-8-6-5-7-9-14/h3-4H,5-10H2,1-2H3/b11-3-,12-4+. The Hall–Kier alpha value is -0.630. The fraction of sp³-hybridized carbons (Fsp3) is 0.667. The first-order chi connectivity index (χ1) is 6.77. The molecule has 1 fully saturated rings. The second-order valence-corrected chi connectivity index (χ2v) is 3.79. The summed E-state index contributed by atoms with van der Waals surface area (Å²) in [7, 11) is 0. The minimum absolute atomic E-state index is 0.0712. The largest absolute Gasteiger partial charge is 0.299 e. The maximum Gasteiger partial charge on any atom is 0.123 e. The number of rotatable bonds is 3. The summed E-state index contributed by atoms with van der Waals surface area (Å²) in [4.78, 5) is 2.34. The quantitative estimate of drug-likeness (QED) is 0.627. The first kappa shape index (κ1) is 11.4. The van der Waals surface area contributed by atoms with Gasteiger partial charge >= 0.3 is 0 Å². The van der Waals surface area contributed by atoms with Crippen molar-refractivity contribution in [3.05, 3.63) is 23.6 Å². The molecule has 2 heteroatoms. The van der Waals surface area contributed by atoms with Gasteiger partial charge in [0.2, 0.25) is 0 Å². The molecular formula is C12H20FN. The minimum Gasteiger partial charge on any atom is -0.299 e. The molecule has 0 amide bonds. The Kier molecular flexibility index (Phi) is 4.88. The fourth-order valence-corrected chi connectivity index (χ4v) is 1.85. The summed E-state index contributed by atoms with van der Waals surface area (Å²) in [5, 5.41) is 0. The lowest BCUT2D eigenvalue weighted by atomic mass is 10.1. The smallest absolute Gasteiger partial charge is 0.123 e. The van der Waals surface area contributed by atoms with E-state index < -0.39 is 0 Å². The van der Waals surface area contributed by atoms with Crippen LogP contribution in [0.4, 0.5) is 4.39 Å². The predicted molar refractivity (Wildman–Crippen MR) is 58.9 cm³/mol. The normalized spacial score (nSPS) is 21.4. The minimum atomic E-state index is -0.0712. The second kappa shape index (κ2) is 5.97. The Morgan fingerprint density at radius 3 is 2.29 bits per heavy atom. The number of halogens is 1. The van der Waals surface area contributed by atoms with Crippen molar-refractivity contribution < 1.29 is 4.39 Å². The number of nitrogens with zero attached hydrogens (tertiary/aromatic N) is 1. The molecule has 0 spiro atoms. The number of likely N-dealkylation sites (tertiary alicyclic amines) is 1. The molecule has 1 saturated heterocycles. The van der Waals surface area contributed by atoms with Crippen LogP contribution in [0, 0.1) is 0 Å². The Bertz CT molecular complexity index is 224. The zero-order valence-electron chi connectivity index (χ0n) is 9.22. The van der Waals surface area contributed by atoms with Crippen LogP contribution < -0.4 is 0 Å². The van der Waals surface area contributed by atoms with Crippen LogP contribution in [0.5, 0.6) is 0 Å². The zero-order chi connectivity index (χ0) is 10.4. The van der Waals surface area contributed by atoms with E-state index in [0.29, 0.717) is 0 Å². The Balaban J connectivity index is 2.48. The average molecular weight is 197 g/mol. The van der Waals surface area contributed by atoms with Crippen molar-refractivity contribution in [2.75, 3.05) is 19.6 Å². The number of allylic oxidation sites excluding steroid dienone is 2. The first-order valence-electron chi connectivity index (χ1n) is 5.47. The summed E-state index contributed by atoms with van der Waals surface area (Å²) in [6.07, 6.45) is 7.26. The van der Waals surface area contributed by atoms with Crippen molar-refractivity contribution in [1.82, 2.24) is 4.90 Å². The van der Waals surface area contributed by atoms with Gasteiger partial charge in [-0.1, -0.05) is 18.6 Å². The highest BCUT2D eigenvalue weighted by atomic mass is 19.1. The average Bonchev–Trinajstić information content (AvgIpc) is 2.26. The Morgan fingerprint density at radius 1 is 1.14 bits per heavy atom. The third-order valence-electron chi connectivity index (χ3n) is 2.75. The lowest BCUT2D eigenvalue weighted by molar-refractivity contribution is 0.245. The van der Waals surface area contributed by atoms with Crippen LogP contribution in [0.25, 0.3) is 0 Å². The molecule has 0 saturated carbocycles. The summed E-state index contributed by atoms with van der Waals surface area (Å²) in [5.74, 6) is -0.0712. The topological polar surface area (TPSA) is 3.24 Å². The molecular weight excluding hydrogens is 177 g/mol. The maximum atomic E-state index is 13.3. The van der Waals surface area contributed by atoms with Crippen LogP contribution in [-0.4, -0.2) is 24.5 Å². The van der Waals surface area contributed by atoms with E-state index in [1.807, 2.05) is 13.0 Å². The summed E-state index contributed by atoms with van der Waals surface area (Å²) < 4.78 is 13.3. The van der Waals surface area contributed by atoms with E-state index in [1.165, 1.54) is 19.3 Å². The molecule has 1 aliphatic heterocycles. The molecule has 1 heterocycles.